The van der Waals surface area contributed by atoms with E-state index < -0.39 is 5.60 Å². The molecule has 3 heteroatoms. The number of hydrogen-bond donors (Lipinski definition) is 1. The molecule has 0 aromatic carbocycles. The number of hydrogen-bond acceptors (Lipinski definition) is 2. The third-order valence-electron chi connectivity index (χ3n) is 2.53. The van der Waals surface area contributed by atoms with E-state index in [0.29, 0.717) is 0 Å². The average Bonchev–Trinajstić information content (AvgIpc) is 2.60. The molecule has 1 saturated carbocycles. The Hall–Kier alpha value is -0.830. The standard InChI is InChI=1S/C10H16N2O/c1-9(2,3)12-7-8(6-11-12)10(13)4-5-10/h6-7,13H,4-5H2,1-3H3. The number of rotatable bonds is 1. The van der Waals surface area contributed by atoms with E-state index in [0.717, 1.165) is 18.4 Å². The number of aliphatic hydroxyl groups is 1. The van der Waals surface area contributed by atoms with Gasteiger partial charge in [-0.25, -0.2) is 0 Å². The van der Waals surface area contributed by atoms with Gasteiger partial charge >= 0.3 is 0 Å². The summed E-state index contributed by atoms with van der Waals surface area (Å²) in [7, 11) is 0. The average molecular weight is 180 g/mol. The third kappa shape index (κ3) is 1.48. The second-order valence-electron chi connectivity index (χ2n) is 4.88. The van der Waals surface area contributed by atoms with Gasteiger partial charge in [0, 0.05) is 11.8 Å². The largest absolute Gasteiger partial charge is 0.385 e. The predicted octanol–water partition coefficient (Wildman–Crippen LogP) is 1.62. The fraction of sp³-hybridized carbons (Fsp3) is 0.700. The highest BCUT2D eigenvalue weighted by molar-refractivity contribution is 5.22. The first-order valence-corrected chi connectivity index (χ1v) is 4.70. The van der Waals surface area contributed by atoms with Crippen LogP contribution in [0.1, 0.15) is 39.2 Å². The maximum Gasteiger partial charge on any atom is 0.0929 e. The van der Waals surface area contributed by atoms with Crippen molar-refractivity contribution in [2.24, 2.45) is 0 Å². The molecule has 1 heterocycles. The molecular weight excluding hydrogens is 164 g/mol. The summed E-state index contributed by atoms with van der Waals surface area (Å²) in [6, 6.07) is 0. The minimum Gasteiger partial charge on any atom is -0.385 e. The lowest BCUT2D eigenvalue weighted by atomic mass is 10.1. The molecule has 0 aliphatic heterocycles. The lowest BCUT2D eigenvalue weighted by Gasteiger charge is -2.18. The van der Waals surface area contributed by atoms with E-state index in [-0.39, 0.29) is 5.54 Å². The minimum atomic E-state index is -0.552. The van der Waals surface area contributed by atoms with Crippen LogP contribution in [0.5, 0.6) is 0 Å². The van der Waals surface area contributed by atoms with Gasteiger partial charge in [0.15, 0.2) is 0 Å². The summed E-state index contributed by atoms with van der Waals surface area (Å²) in [6.45, 7) is 6.29. The summed E-state index contributed by atoms with van der Waals surface area (Å²) in [6.07, 6.45) is 5.48. The summed E-state index contributed by atoms with van der Waals surface area (Å²) < 4.78 is 1.90. The van der Waals surface area contributed by atoms with Crippen LogP contribution in [0.2, 0.25) is 0 Å². The Morgan fingerprint density at radius 3 is 2.46 bits per heavy atom. The van der Waals surface area contributed by atoms with Crippen LogP contribution in [-0.2, 0) is 11.1 Å². The first-order valence-electron chi connectivity index (χ1n) is 4.70. The van der Waals surface area contributed by atoms with Crippen LogP contribution in [0.25, 0.3) is 0 Å². The molecule has 0 saturated heterocycles. The molecule has 0 bridgehead atoms. The lowest BCUT2D eigenvalue weighted by Crippen LogP contribution is -2.22. The van der Waals surface area contributed by atoms with Gasteiger partial charge in [-0.15, -0.1) is 0 Å². The highest BCUT2D eigenvalue weighted by atomic mass is 16.3. The van der Waals surface area contributed by atoms with Crippen molar-refractivity contribution in [3.05, 3.63) is 18.0 Å². The molecule has 0 unspecified atom stereocenters. The number of nitrogens with zero attached hydrogens (tertiary/aromatic N) is 2. The van der Waals surface area contributed by atoms with Gasteiger partial charge in [0.25, 0.3) is 0 Å². The van der Waals surface area contributed by atoms with E-state index in [1.165, 1.54) is 0 Å². The molecule has 1 aliphatic rings. The quantitative estimate of drug-likeness (QED) is 0.713. The fourth-order valence-corrected chi connectivity index (χ4v) is 1.34. The molecule has 2 rings (SSSR count). The van der Waals surface area contributed by atoms with Crippen LogP contribution in [0.15, 0.2) is 12.4 Å². The normalized spacial score (nSPS) is 20.3. The van der Waals surface area contributed by atoms with Crippen molar-refractivity contribution < 1.29 is 5.11 Å². The van der Waals surface area contributed by atoms with Gasteiger partial charge in [-0.1, -0.05) is 0 Å². The zero-order valence-electron chi connectivity index (χ0n) is 8.41. The van der Waals surface area contributed by atoms with E-state index in [1.54, 1.807) is 6.20 Å². The highest BCUT2D eigenvalue weighted by Gasteiger charge is 2.43. The van der Waals surface area contributed by atoms with Crippen molar-refractivity contribution in [1.82, 2.24) is 9.78 Å². The van der Waals surface area contributed by atoms with Gasteiger partial charge in [-0.3, -0.25) is 4.68 Å². The summed E-state index contributed by atoms with van der Waals surface area (Å²) >= 11 is 0. The molecule has 3 nitrogen and oxygen atoms in total. The van der Waals surface area contributed by atoms with Crippen molar-refractivity contribution in [3.8, 4) is 0 Å². The molecule has 0 amide bonds. The van der Waals surface area contributed by atoms with Crippen LogP contribution >= 0.6 is 0 Å². The van der Waals surface area contributed by atoms with E-state index in [1.807, 2.05) is 10.9 Å². The van der Waals surface area contributed by atoms with E-state index in [9.17, 15) is 5.11 Å². The molecule has 1 fully saturated rings. The Labute approximate surface area is 78.4 Å². The van der Waals surface area contributed by atoms with Gasteiger partial charge < -0.3 is 5.11 Å². The summed E-state index contributed by atoms with van der Waals surface area (Å²) in [5.41, 5.74) is 0.412. The van der Waals surface area contributed by atoms with Gasteiger partial charge in [0.2, 0.25) is 0 Å². The van der Waals surface area contributed by atoms with Crippen molar-refractivity contribution >= 4 is 0 Å². The number of aromatic nitrogens is 2. The van der Waals surface area contributed by atoms with Gasteiger partial charge in [0.1, 0.15) is 0 Å². The molecule has 72 valence electrons. The third-order valence-corrected chi connectivity index (χ3v) is 2.53. The molecule has 1 aliphatic carbocycles. The monoisotopic (exact) mass is 180 g/mol. The van der Waals surface area contributed by atoms with Gasteiger partial charge in [-0.05, 0) is 33.6 Å². The Balaban J connectivity index is 2.29. The van der Waals surface area contributed by atoms with Crippen molar-refractivity contribution in [3.63, 3.8) is 0 Å². The Bertz CT molecular complexity index is 298. The SMILES string of the molecule is CC(C)(C)n1cc(C2(O)CC2)cn1. The molecular formula is C10H16N2O. The summed E-state index contributed by atoms with van der Waals surface area (Å²) in [5.74, 6) is 0. The molecule has 0 atom stereocenters. The molecule has 0 radical (unpaired) electrons. The highest BCUT2D eigenvalue weighted by Crippen LogP contribution is 2.45. The zero-order valence-corrected chi connectivity index (χ0v) is 8.41. The topological polar surface area (TPSA) is 38.0 Å². The van der Waals surface area contributed by atoms with E-state index in [4.69, 9.17) is 0 Å². The Morgan fingerprint density at radius 2 is 2.08 bits per heavy atom. The molecule has 0 spiro atoms. The van der Waals surface area contributed by atoms with Crippen LogP contribution in [0.3, 0.4) is 0 Å². The van der Waals surface area contributed by atoms with Crippen LogP contribution in [0.4, 0.5) is 0 Å². The molecule has 1 aromatic heterocycles. The van der Waals surface area contributed by atoms with Crippen LogP contribution in [-0.4, -0.2) is 14.9 Å². The lowest BCUT2D eigenvalue weighted by molar-refractivity contribution is 0.151. The molecule has 13 heavy (non-hydrogen) atoms. The zero-order chi connectivity index (χ0) is 9.69. The Morgan fingerprint density at radius 1 is 1.46 bits per heavy atom. The van der Waals surface area contributed by atoms with E-state index >= 15 is 0 Å². The second kappa shape index (κ2) is 2.35. The maximum atomic E-state index is 9.83. The van der Waals surface area contributed by atoms with Crippen LogP contribution in [0, 0.1) is 0 Å². The first kappa shape index (κ1) is 8.75. The maximum absolute atomic E-state index is 9.83. The fourth-order valence-electron chi connectivity index (χ4n) is 1.34. The van der Waals surface area contributed by atoms with Crippen molar-refractivity contribution in [2.75, 3.05) is 0 Å². The van der Waals surface area contributed by atoms with Gasteiger partial charge in [0.05, 0.1) is 17.3 Å². The molecule has 1 N–H and O–H groups in total. The van der Waals surface area contributed by atoms with Crippen LogP contribution < -0.4 is 0 Å². The first-order chi connectivity index (χ1) is 5.92. The van der Waals surface area contributed by atoms with E-state index in [2.05, 4.69) is 25.9 Å². The van der Waals surface area contributed by atoms with Crippen molar-refractivity contribution in [2.45, 2.75) is 44.8 Å². The smallest absolute Gasteiger partial charge is 0.0929 e. The predicted molar refractivity (Wildman–Crippen MR) is 50.4 cm³/mol. The summed E-state index contributed by atoms with van der Waals surface area (Å²) in [5, 5.41) is 14.1. The Kier molecular flexibility index (Phi) is 1.58. The second-order valence-corrected chi connectivity index (χ2v) is 4.88. The minimum absolute atomic E-state index is 0.00347. The molecule has 1 aromatic rings. The van der Waals surface area contributed by atoms with Crippen molar-refractivity contribution in [1.29, 1.82) is 0 Å². The van der Waals surface area contributed by atoms with Gasteiger partial charge in [-0.2, -0.15) is 5.10 Å². The summed E-state index contributed by atoms with van der Waals surface area (Å²) in [4.78, 5) is 0.